The molecule has 2 nitrogen and oxygen atoms in total. The van der Waals surface area contributed by atoms with E-state index in [-0.39, 0.29) is 0 Å². The van der Waals surface area contributed by atoms with E-state index in [1.807, 2.05) is 48.5 Å². The third kappa shape index (κ3) is 4.04. The maximum Gasteiger partial charge on any atom is 0.0829 e. The van der Waals surface area contributed by atoms with Crippen LogP contribution >= 0.6 is 23.2 Å². The Bertz CT molecular complexity index is 1050. The zero-order chi connectivity index (χ0) is 19.3. The first-order chi connectivity index (χ1) is 13.7. The number of benzene rings is 3. The van der Waals surface area contributed by atoms with Gasteiger partial charge in [-0.25, -0.2) is 0 Å². The number of nitrogens with zero attached hydrogens (tertiary/aromatic N) is 2. The maximum atomic E-state index is 6.55. The minimum atomic E-state index is 0.544. The molecule has 1 heterocycles. The lowest BCUT2D eigenvalue weighted by Gasteiger charge is -2.27. The van der Waals surface area contributed by atoms with Crippen LogP contribution in [0.1, 0.15) is 5.56 Å². The first-order valence-corrected chi connectivity index (χ1v) is 9.75. The van der Waals surface area contributed by atoms with Crippen molar-refractivity contribution in [3.8, 4) is 11.3 Å². The van der Waals surface area contributed by atoms with E-state index in [1.54, 1.807) is 12.3 Å². The van der Waals surface area contributed by atoms with Gasteiger partial charge >= 0.3 is 0 Å². The summed E-state index contributed by atoms with van der Waals surface area (Å²) in [5.41, 5.74) is 5.12. The monoisotopic (exact) mass is 404 g/mol. The molecule has 0 spiro atoms. The standard InChI is InChI=1S/C24H18Cl2N2/c25-21-9-6-11-23(24(21)26)28(17-18-7-2-1-3-8-18)20-14-12-19(13-15-20)22-10-4-5-16-27-22/h1-16H,17H2. The van der Waals surface area contributed by atoms with Crippen molar-refractivity contribution in [1.82, 2.24) is 4.98 Å². The minimum Gasteiger partial charge on any atom is -0.336 e. The molecule has 0 N–H and O–H groups in total. The van der Waals surface area contributed by atoms with Crippen LogP contribution in [-0.4, -0.2) is 4.98 Å². The van der Waals surface area contributed by atoms with E-state index in [0.29, 0.717) is 16.6 Å². The topological polar surface area (TPSA) is 16.1 Å². The molecule has 4 aromatic rings. The Labute approximate surface area is 175 Å². The van der Waals surface area contributed by atoms with Crippen molar-refractivity contribution in [1.29, 1.82) is 0 Å². The molecule has 1 aromatic heterocycles. The van der Waals surface area contributed by atoms with Crippen molar-refractivity contribution >= 4 is 34.6 Å². The van der Waals surface area contributed by atoms with Crippen molar-refractivity contribution in [2.24, 2.45) is 0 Å². The number of pyridine rings is 1. The lowest BCUT2D eigenvalue weighted by atomic mass is 10.1. The highest BCUT2D eigenvalue weighted by Crippen LogP contribution is 2.37. The lowest BCUT2D eigenvalue weighted by molar-refractivity contribution is 0.975. The van der Waals surface area contributed by atoms with Crippen molar-refractivity contribution in [2.45, 2.75) is 6.54 Å². The van der Waals surface area contributed by atoms with Crippen LogP contribution in [0, 0.1) is 0 Å². The normalized spacial score (nSPS) is 10.6. The summed E-state index contributed by atoms with van der Waals surface area (Å²) in [6.07, 6.45) is 1.80. The third-order valence-electron chi connectivity index (χ3n) is 4.55. The second kappa shape index (κ2) is 8.47. The van der Waals surface area contributed by atoms with Crippen molar-refractivity contribution < 1.29 is 0 Å². The molecule has 0 amide bonds. The summed E-state index contributed by atoms with van der Waals surface area (Å²) in [5.74, 6) is 0. The molecule has 0 unspecified atom stereocenters. The zero-order valence-corrected chi connectivity index (χ0v) is 16.6. The van der Waals surface area contributed by atoms with Crippen LogP contribution in [-0.2, 0) is 6.54 Å². The van der Waals surface area contributed by atoms with Crippen molar-refractivity contribution in [3.05, 3.63) is 113 Å². The predicted molar refractivity (Wildman–Crippen MR) is 118 cm³/mol. The van der Waals surface area contributed by atoms with Gasteiger partial charge in [-0.2, -0.15) is 0 Å². The van der Waals surface area contributed by atoms with E-state index in [9.17, 15) is 0 Å². The molecule has 0 radical (unpaired) electrons. The summed E-state index contributed by atoms with van der Waals surface area (Å²) in [5, 5.41) is 1.09. The molecule has 0 saturated heterocycles. The molecule has 0 aliphatic heterocycles. The van der Waals surface area contributed by atoms with Gasteiger partial charge in [0, 0.05) is 24.0 Å². The quantitative estimate of drug-likeness (QED) is 0.344. The number of anilines is 2. The largest absolute Gasteiger partial charge is 0.336 e. The van der Waals surface area contributed by atoms with Gasteiger partial charge < -0.3 is 4.90 Å². The molecule has 138 valence electrons. The minimum absolute atomic E-state index is 0.544. The summed E-state index contributed by atoms with van der Waals surface area (Å²) in [4.78, 5) is 6.60. The van der Waals surface area contributed by atoms with Gasteiger partial charge in [0.1, 0.15) is 0 Å². The predicted octanol–water partition coefficient (Wildman–Crippen LogP) is 7.39. The van der Waals surface area contributed by atoms with E-state index >= 15 is 0 Å². The van der Waals surface area contributed by atoms with Gasteiger partial charge in [-0.05, 0) is 42.0 Å². The van der Waals surface area contributed by atoms with Crippen LogP contribution < -0.4 is 4.90 Å². The Morgan fingerprint density at radius 3 is 2.18 bits per heavy atom. The summed E-state index contributed by atoms with van der Waals surface area (Å²) in [6.45, 7) is 0.684. The number of aromatic nitrogens is 1. The van der Waals surface area contributed by atoms with Gasteiger partial charge in [-0.1, -0.05) is 77.8 Å². The molecule has 0 aliphatic carbocycles. The van der Waals surface area contributed by atoms with Gasteiger partial charge in [0.15, 0.2) is 0 Å². The maximum absolute atomic E-state index is 6.55. The lowest BCUT2D eigenvalue weighted by Crippen LogP contribution is -2.17. The Morgan fingerprint density at radius 2 is 1.46 bits per heavy atom. The average Bonchev–Trinajstić information content (AvgIpc) is 2.76. The molecule has 0 aliphatic rings. The number of halogens is 2. The van der Waals surface area contributed by atoms with Crippen LogP contribution in [0.5, 0.6) is 0 Å². The summed E-state index contributed by atoms with van der Waals surface area (Å²) in [6, 6.07) is 30.3. The van der Waals surface area contributed by atoms with Crippen molar-refractivity contribution in [3.63, 3.8) is 0 Å². The fourth-order valence-electron chi connectivity index (χ4n) is 3.13. The highest BCUT2D eigenvalue weighted by atomic mass is 35.5. The van der Waals surface area contributed by atoms with Gasteiger partial charge in [-0.15, -0.1) is 0 Å². The highest BCUT2D eigenvalue weighted by molar-refractivity contribution is 6.43. The SMILES string of the molecule is Clc1cccc(N(Cc2ccccc2)c2ccc(-c3ccccn3)cc2)c1Cl. The van der Waals surface area contributed by atoms with Gasteiger partial charge in [0.2, 0.25) is 0 Å². The van der Waals surface area contributed by atoms with Gasteiger partial charge in [-0.3, -0.25) is 4.98 Å². The Hall–Kier alpha value is -2.81. The Balaban J connectivity index is 1.74. The first-order valence-electron chi connectivity index (χ1n) is 8.99. The van der Waals surface area contributed by atoms with Crippen LogP contribution in [0.2, 0.25) is 10.0 Å². The molecule has 0 atom stereocenters. The molecule has 4 rings (SSSR count). The Kier molecular flexibility index (Phi) is 5.61. The fraction of sp³-hybridized carbons (Fsp3) is 0.0417. The van der Waals surface area contributed by atoms with E-state index in [2.05, 4.69) is 46.3 Å². The molecule has 0 fully saturated rings. The molecule has 4 heteroatoms. The summed E-state index contributed by atoms with van der Waals surface area (Å²) in [7, 11) is 0. The van der Waals surface area contributed by atoms with Crippen molar-refractivity contribution in [2.75, 3.05) is 4.90 Å². The Morgan fingerprint density at radius 1 is 0.714 bits per heavy atom. The average molecular weight is 405 g/mol. The summed E-state index contributed by atoms with van der Waals surface area (Å²) >= 11 is 12.8. The molecule has 3 aromatic carbocycles. The fourth-order valence-corrected chi connectivity index (χ4v) is 3.53. The van der Waals surface area contributed by atoms with Crippen LogP contribution in [0.25, 0.3) is 11.3 Å². The second-order valence-electron chi connectivity index (χ2n) is 6.41. The van der Waals surface area contributed by atoms with E-state index in [1.165, 1.54) is 5.56 Å². The molecular formula is C24H18Cl2N2. The highest BCUT2D eigenvalue weighted by Gasteiger charge is 2.15. The van der Waals surface area contributed by atoms with Crippen LogP contribution in [0.4, 0.5) is 11.4 Å². The molecular weight excluding hydrogens is 387 g/mol. The number of hydrogen-bond acceptors (Lipinski definition) is 2. The van der Waals surface area contributed by atoms with E-state index in [4.69, 9.17) is 23.2 Å². The molecule has 28 heavy (non-hydrogen) atoms. The van der Waals surface area contributed by atoms with Gasteiger partial charge in [0.05, 0.1) is 21.4 Å². The smallest absolute Gasteiger partial charge is 0.0829 e. The zero-order valence-electron chi connectivity index (χ0n) is 15.1. The van der Waals surface area contributed by atoms with Gasteiger partial charge in [0.25, 0.3) is 0 Å². The third-order valence-corrected chi connectivity index (χ3v) is 5.35. The summed E-state index contributed by atoms with van der Waals surface area (Å²) < 4.78 is 0. The number of rotatable bonds is 5. The van der Waals surface area contributed by atoms with Crippen LogP contribution in [0.3, 0.4) is 0 Å². The first kappa shape index (κ1) is 18.5. The second-order valence-corrected chi connectivity index (χ2v) is 7.19. The van der Waals surface area contributed by atoms with E-state index in [0.717, 1.165) is 22.6 Å². The molecule has 0 bridgehead atoms. The molecule has 0 saturated carbocycles. The van der Waals surface area contributed by atoms with Crippen LogP contribution in [0.15, 0.2) is 97.2 Å². The van der Waals surface area contributed by atoms with E-state index < -0.39 is 0 Å². The number of hydrogen-bond donors (Lipinski definition) is 0.